The summed E-state index contributed by atoms with van der Waals surface area (Å²) < 4.78 is 12.0. The lowest BCUT2D eigenvalue weighted by Crippen LogP contribution is -2.01. The Bertz CT molecular complexity index is 735. The lowest BCUT2D eigenvalue weighted by atomic mass is 10.0. The van der Waals surface area contributed by atoms with Crippen molar-refractivity contribution in [2.75, 3.05) is 13.2 Å². The highest BCUT2D eigenvalue weighted by Gasteiger charge is 2.07. The first-order chi connectivity index (χ1) is 17.2. The van der Waals surface area contributed by atoms with Gasteiger partial charge >= 0.3 is 0 Å². The minimum absolute atomic E-state index is 0.150. The number of ether oxygens (including phenoxy) is 2. The largest absolute Gasteiger partial charge is 0.494 e. The minimum atomic E-state index is 0.150. The monoisotopic (exact) mass is 480 g/mol. The smallest absolute Gasteiger partial charge is 0.119 e. The predicted octanol–water partition coefficient (Wildman–Crippen LogP) is 10.7. The van der Waals surface area contributed by atoms with Gasteiger partial charge in [0.1, 0.15) is 5.75 Å². The van der Waals surface area contributed by atoms with Crippen LogP contribution in [0.1, 0.15) is 129 Å². The van der Waals surface area contributed by atoms with Crippen molar-refractivity contribution in [3.8, 4) is 16.9 Å². The molecule has 2 aromatic carbocycles. The van der Waals surface area contributed by atoms with Crippen LogP contribution in [0.2, 0.25) is 0 Å². The summed E-state index contributed by atoms with van der Waals surface area (Å²) in [6, 6.07) is 17.3. The molecule has 0 saturated heterocycles. The maximum Gasteiger partial charge on any atom is 0.119 e. The first-order valence-electron chi connectivity index (χ1n) is 14.7. The first kappa shape index (κ1) is 29.4. The van der Waals surface area contributed by atoms with E-state index in [1.54, 1.807) is 0 Å². The Kier molecular flexibility index (Phi) is 16.3. The molecule has 0 heterocycles. The molecule has 2 heteroatoms. The Hall–Kier alpha value is -1.80. The van der Waals surface area contributed by atoms with E-state index < -0.39 is 0 Å². The number of hydrogen-bond donors (Lipinski definition) is 0. The van der Waals surface area contributed by atoms with Crippen LogP contribution in [0.3, 0.4) is 0 Å². The van der Waals surface area contributed by atoms with E-state index in [1.807, 2.05) is 0 Å². The van der Waals surface area contributed by atoms with Gasteiger partial charge in [-0.3, -0.25) is 0 Å². The van der Waals surface area contributed by atoms with Gasteiger partial charge in [0, 0.05) is 6.61 Å². The van der Waals surface area contributed by atoms with Crippen LogP contribution < -0.4 is 4.74 Å². The van der Waals surface area contributed by atoms with E-state index in [0.717, 1.165) is 31.8 Å². The van der Waals surface area contributed by atoms with E-state index in [4.69, 9.17) is 9.47 Å². The van der Waals surface area contributed by atoms with E-state index in [-0.39, 0.29) is 6.10 Å². The second-order valence-electron chi connectivity index (χ2n) is 10.1. The fourth-order valence-corrected chi connectivity index (χ4v) is 4.53. The van der Waals surface area contributed by atoms with Crippen LogP contribution in [0.5, 0.6) is 5.75 Å². The summed E-state index contributed by atoms with van der Waals surface area (Å²) >= 11 is 0. The van der Waals surface area contributed by atoms with Crippen molar-refractivity contribution in [1.82, 2.24) is 0 Å². The SMILES string of the molecule is CCCCCCCCCCCCOc1ccc(-c2ccc(C(C)OCCCCCCC)cc2)cc1. The molecular weight excluding hydrogens is 428 g/mol. The first-order valence-corrected chi connectivity index (χ1v) is 14.7. The normalized spacial score (nSPS) is 12.1. The highest BCUT2D eigenvalue weighted by Crippen LogP contribution is 2.25. The molecule has 0 fully saturated rings. The van der Waals surface area contributed by atoms with Crippen LogP contribution in [0.15, 0.2) is 48.5 Å². The van der Waals surface area contributed by atoms with Crippen molar-refractivity contribution in [3.05, 3.63) is 54.1 Å². The van der Waals surface area contributed by atoms with Gasteiger partial charge in [-0.05, 0) is 48.6 Å². The fraction of sp³-hybridized carbons (Fsp3) is 0.636. The lowest BCUT2D eigenvalue weighted by molar-refractivity contribution is 0.0627. The molecule has 0 saturated carbocycles. The quantitative estimate of drug-likeness (QED) is 0.165. The molecule has 2 nitrogen and oxygen atoms in total. The maximum absolute atomic E-state index is 6.04. The zero-order valence-electron chi connectivity index (χ0n) is 23.0. The highest BCUT2D eigenvalue weighted by molar-refractivity contribution is 5.64. The zero-order valence-corrected chi connectivity index (χ0v) is 23.0. The van der Waals surface area contributed by atoms with E-state index >= 15 is 0 Å². The number of benzene rings is 2. The Morgan fingerprint density at radius 3 is 1.46 bits per heavy atom. The Labute approximate surface area is 216 Å². The third kappa shape index (κ3) is 13.2. The van der Waals surface area contributed by atoms with Gasteiger partial charge in [-0.25, -0.2) is 0 Å². The molecule has 0 amide bonds. The second-order valence-corrected chi connectivity index (χ2v) is 10.1. The van der Waals surface area contributed by atoms with Gasteiger partial charge in [0.2, 0.25) is 0 Å². The minimum Gasteiger partial charge on any atom is -0.494 e. The molecule has 2 rings (SSSR count). The molecule has 0 bridgehead atoms. The zero-order chi connectivity index (χ0) is 25.0. The molecule has 0 aliphatic carbocycles. The van der Waals surface area contributed by atoms with Crippen LogP contribution in [-0.2, 0) is 4.74 Å². The maximum atomic E-state index is 6.04. The standard InChI is InChI=1S/C33H52O2/c1-4-6-8-10-11-12-13-14-16-18-28-35-33-25-23-32(24-26-33)31-21-19-30(20-22-31)29(3)34-27-17-15-9-7-5-2/h19-26,29H,4-18,27-28H2,1-3H3. The second kappa shape index (κ2) is 19.4. The van der Waals surface area contributed by atoms with Crippen LogP contribution in [0.25, 0.3) is 11.1 Å². The van der Waals surface area contributed by atoms with E-state index in [1.165, 1.54) is 100 Å². The topological polar surface area (TPSA) is 18.5 Å². The van der Waals surface area contributed by atoms with E-state index in [0.29, 0.717) is 0 Å². The Balaban J connectivity index is 1.60. The lowest BCUT2D eigenvalue weighted by Gasteiger charge is -2.14. The van der Waals surface area contributed by atoms with Crippen molar-refractivity contribution >= 4 is 0 Å². The molecule has 1 unspecified atom stereocenters. The molecule has 0 aliphatic rings. The summed E-state index contributed by atoms with van der Waals surface area (Å²) in [4.78, 5) is 0. The van der Waals surface area contributed by atoms with Gasteiger partial charge in [-0.2, -0.15) is 0 Å². The molecule has 0 radical (unpaired) electrons. The summed E-state index contributed by atoms with van der Waals surface area (Å²) in [7, 11) is 0. The summed E-state index contributed by atoms with van der Waals surface area (Å²) in [6.45, 7) is 8.36. The van der Waals surface area contributed by atoms with Gasteiger partial charge in [0.25, 0.3) is 0 Å². The van der Waals surface area contributed by atoms with E-state index in [2.05, 4.69) is 69.3 Å². The van der Waals surface area contributed by atoms with Crippen molar-refractivity contribution in [3.63, 3.8) is 0 Å². The molecular formula is C33H52O2. The van der Waals surface area contributed by atoms with Gasteiger partial charge in [-0.15, -0.1) is 0 Å². The number of unbranched alkanes of at least 4 members (excludes halogenated alkanes) is 13. The Morgan fingerprint density at radius 1 is 0.514 bits per heavy atom. The van der Waals surface area contributed by atoms with Gasteiger partial charge in [0.05, 0.1) is 12.7 Å². The van der Waals surface area contributed by atoms with Gasteiger partial charge in [0.15, 0.2) is 0 Å². The van der Waals surface area contributed by atoms with Gasteiger partial charge in [-0.1, -0.05) is 134 Å². The van der Waals surface area contributed by atoms with Crippen LogP contribution in [0, 0.1) is 0 Å². The van der Waals surface area contributed by atoms with Gasteiger partial charge < -0.3 is 9.47 Å². The number of hydrogen-bond acceptors (Lipinski definition) is 2. The molecule has 0 aliphatic heterocycles. The van der Waals surface area contributed by atoms with Crippen molar-refractivity contribution in [1.29, 1.82) is 0 Å². The number of rotatable bonds is 21. The van der Waals surface area contributed by atoms with Crippen molar-refractivity contribution < 1.29 is 9.47 Å². The van der Waals surface area contributed by atoms with Crippen LogP contribution in [0.4, 0.5) is 0 Å². The van der Waals surface area contributed by atoms with Crippen LogP contribution >= 0.6 is 0 Å². The summed E-state index contributed by atoms with van der Waals surface area (Å²) in [5.41, 5.74) is 3.72. The van der Waals surface area contributed by atoms with E-state index in [9.17, 15) is 0 Å². The molecule has 0 N–H and O–H groups in total. The average molecular weight is 481 g/mol. The summed E-state index contributed by atoms with van der Waals surface area (Å²) in [5.74, 6) is 0.974. The van der Waals surface area contributed by atoms with Crippen molar-refractivity contribution in [2.24, 2.45) is 0 Å². The highest BCUT2D eigenvalue weighted by atomic mass is 16.5. The molecule has 0 aromatic heterocycles. The fourth-order valence-electron chi connectivity index (χ4n) is 4.53. The summed E-state index contributed by atoms with van der Waals surface area (Å²) in [5, 5.41) is 0. The molecule has 35 heavy (non-hydrogen) atoms. The third-order valence-corrected chi connectivity index (χ3v) is 6.95. The molecule has 1 atom stereocenters. The molecule has 196 valence electrons. The molecule has 0 spiro atoms. The Morgan fingerprint density at radius 2 is 0.943 bits per heavy atom. The predicted molar refractivity (Wildman–Crippen MR) is 152 cm³/mol. The average Bonchev–Trinajstić information content (AvgIpc) is 2.89. The van der Waals surface area contributed by atoms with Crippen molar-refractivity contribution in [2.45, 2.75) is 123 Å². The third-order valence-electron chi connectivity index (χ3n) is 6.95. The summed E-state index contributed by atoms with van der Waals surface area (Å²) in [6.07, 6.45) is 20.1. The molecule has 2 aromatic rings. The van der Waals surface area contributed by atoms with Crippen LogP contribution in [-0.4, -0.2) is 13.2 Å².